The number of aromatic hydroxyl groups is 1. The van der Waals surface area contributed by atoms with E-state index in [4.69, 9.17) is 4.74 Å². The van der Waals surface area contributed by atoms with Crippen LogP contribution in [0.3, 0.4) is 0 Å². The molecule has 2 rings (SSSR count). The van der Waals surface area contributed by atoms with Crippen molar-refractivity contribution in [1.29, 1.82) is 0 Å². The molecule has 9 nitrogen and oxygen atoms in total. The van der Waals surface area contributed by atoms with Crippen molar-refractivity contribution in [3.8, 4) is 11.5 Å². The Kier molecular flexibility index (Phi) is 4.96. The predicted octanol–water partition coefficient (Wildman–Crippen LogP) is 2.16. The Hall–Kier alpha value is -2.88. The van der Waals surface area contributed by atoms with Gasteiger partial charge >= 0.3 is 5.69 Å². The third kappa shape index (κ3) is 3.86. The lowest BCUT2D eigenvalue weighted by Gasteiger charge is -2.05. The molecule has 0 saturated heterocycles. The number of H-pyrrole nitrogens is 1. The summed E-state index contributed by atoms with van der Waals surface area (Å²) in [7, 11) is 1.27. The van der Waals surface area contributed by atoms with Crippen molar-refractivity contribution in [2.75, 3.05) is 7.11 Å². The van der Waals surface area contributed by atoms with Crippen LogP contribution >= 0.6 is 15.9 Å². The number of rotatable bonds is 5. The first-order valence-corrected chi connectivity index (χ1v) is 6.94. The van der Waals surface area contributed by atoms with Crippen LogP contribution in [0.1, 0.15) is 16.1 Å². The number of hydrogen-bond donors (Lipinski definition) is 3. The Morgan fingerprint density at radius 1 is 1.52 bits per heavy atom. The number of halogens is 1. The number of benzene rings is 1. The van der Waals surface area contributed by atoms with Gasteiger partial charge in [0.1, 0.15) is 5.69 Å². The topological polar surface area (TPSA) is 130 Å². The molecule has 23 heavy (non-hydrogen) atoms. The van der Waals surface area contributed by atoms with Crippen LogP contribution in [-0.2, 0) is 0 Å². The Bertz CT molecular complexity index is 787. The number of nitrogens with zero attached hydrogens (tertiary/aromatic N) is 2. The van der Waals surface area contributed by atoms with Crippen molar-refractivity contribution < 1.29 is 19.6 Å². The van der Waals surface area contributed by atoms with Crippen molar-refractivity contribution in [2.24, 2.45) is 5.10 Å². The standard InChI is InChI=1S/C13H11BrN4O5/c1-23-11-3-7(2-10(12(11)19)18(21)22)5-16-17-13(20)9-4-8(14)6-15-9/h2-6,15,19H,1H3,(H,17,20)/b16-5+. The summed E-state index contributed by atoms with van der Waals surface area (Å²) in [4.78, 5) is 24.6. The summed E-state index contributed by atoms with van der Waals surface area (Å²) >= 11 is 3.20. The number of hydrazone groups is 1. The largest absolute Gasteiger partial charge is 0.500 e. The van der Waals surface area contributed by atoms with Gasteiger partial charge in [-0.1, -0.05) is 0 Å². The molecule has 10 heteroatoms. The average molecular weight is 383 g/mol. The second kappa shape index (κ2) is 6.92. The van der Waals surface area contributed by atoms with E-state index >= 15 is 0 Å². The molecule has 0 aliphatic carbocycles. The van der Waals surface area contributed by atoms with E-state index in [1.165, 1.54) is 19.4 Å². The number of aromatic amines is 1. The summed E-state index contributed by atoms with van der Waals surface area (Å²) < 4.78 is 5.58. The highest BCUT2D eigenvalue weighted by Gasteiger charge is 2.19. The minimum Gasteiger partial charge on any atom is -0.500 e. The summed E-state index contributed by atoms with van der Waals surface area (Å²) in [6, 6.07) is 4.03. The predicted molar refractivity (Wildman–Crippen MR) is 84.9 cm³/mol. The van der Waals surface area contributed by atoms with Crippen molar-refractivity contribution in [1.82, 2.24) is 10.4 Å². The molecular weight excluding hydrogens is 372 g/mol. The van der Waals surface area contributed by atoms with Gasteiger partial charge in [0.05, 0.1) is 18.2 Å². The monoisotopic (exact) mass is 382 g/mol. The van der Waals surface area contributed by atoms with E-state index in [1.807, 2.05) is 0 Å². The first-order chi connectivity index (χ1) is 10.9. The van der Waals surface area contributed by atoms with Crippen LogP contribution in [0, 0.1) is 10.1 Å². The molecule has 0 fully saturated rings. The maximum absolute atomic E-state index is 11.8. The molecule has 1 heterocycles. The van der Waals surface area contributed by atoms with Gasteiger partial charge in [-0.15, -0.1) is 0 Å². The van der Waals surface area contributed by atoms with Gasteiger partial charge in [0, 0.05) is 22.3 Å². The number of nitro groups is 1. The summed E-state index contributed by atoms with van der Waals surface area (Å²) in [5, 5.41) is 24.3. The van der Waals surface area contributed by atoms with E-state index in [-0.39, 0.29) is 11.3 Å². The van der Waals surface area contributed by atoms with Gasteiger partial charge in [0.2, 0.25) is 5.75 Å². The van der Waals surface area contributed by atoms with Gasteiger partial charge in [0.15, 0.2) is 5.75 Å². The highest BCUT2D eigenvalue weighted by atomic mass is 79.9. The summed E-state index contributed by atoms with van der Waals surface area (Å²) in [5.41, 5.74) is 2.32. The maximum Gasteiger partial charge on any atom is 0.315 e. The summed E-state index contributed by atoms with van der Waals surface area (Å²) in [6.45, 7) is 0. The fourth-order valence-corrected chi connectivity index (χ4v) is 2.05. The molecule has 2 aromatic rings. The molecule has 0 atom stereocenters. The minimum atomic E-state index is -0.746. The van der Waals surface area contributed by atoms with E-state index in [2.05, 4.69) is 31.4 Å². The summed E-state index contributed by atoms with van der Waals surface area (Å²) in [5.74, 6) is -1.12. The van der Waals surface area contributed by atoms with Gasteiger partial charge in [-0.05, 0) is 28.1 Å². The number of hydrogen-bond acceptors (Lipinski definition) is 6. The van der Waals surface area contributed by atoms with Crippen molar-refractivity contribution in [3.63, 3.8) is 0 Å². The second-order valence-corrected chi connectivity index (χ2v) is 5.19. The average Bonchev–Trinajstić information content (AvgIpc) is 2.94. The highest BCUT2D eigenvalue weighted by Crippen LogP contribution is 2.36. The number of amides is 1. The number of aromatic nitrogens is 1. The molecule has 1 aromatic heterocycles. The van der Waals surface area contributed by atoms with Gasteiger partial charge < -0.3 is 14.8 Å². The fraction of sp³-hybridized carbons (Fsp3) is 0.0769. The zero-order valence-corrected chi connectivity index (χ0v) is 13.3. The molecule has 0 aliphatic heterocycles. The van der Waals surface area contributed by atoms with Crippen LogP contribution in [0.2, 0.25) is 0 Å². The first kappa shape index (κ1) is 16.5. The summed E-state index contributed by atoms with van der Waals surface area (Å²) in [6.07, 6.45) is 2.79. The Labute approximate surface area is 138 Å². The smallest absolute Gasteiger partial charge is 0.315 e. The van der Waals surface area contributed by atoms with Crippen LogP contribution < -0.4 is 10.2 Å². The zero-order valence-electron chi connectivity index (χ0n) is 11.7. The molecule has 3 N–H and O–H groups in total. The van der Waals surface area contributed by atoms with Crippen LogP contribution in [-0.4, -0.2) is 34.2 Å². The van der Waals surface area contributed by atoms with Gasteiger partial charge in [-0.25, -0.2) is 5.43 Å². The van der Waals surface area contributed by atoms with E-state index < -0.39 is 22.3 Å². The van der Waals surface area contributed by atoms with Crippen LogP contribution in [0.5, 0.6) is 11.5 Å². The van der Waals surface area contributed by atoms with Crippen molar-refractivity contribution in [2.45, 2.75) is 0 Å². The third-order valence-corrected chi connectivity index (χ3v) is 3.22. The van der Waals surface area contributed by atoms with E-state index in [0.717, 1.165) is 6.07 Å². The van der Waals surface area contributed by atoms with Crippen LogP contribution in [0.4, 0.5) is 5.69 Å². The number of ether oxygens (including phenoxy) is 1. The molecule has 0 saturated carbocycles. The Balaban J connectivity index is 2.17. The number of nitrogens with one attached hydrogen (secondary N) is 2. The number of carbonyl (C=O) groups excluding carboxylic acids is 1. The quantitative estimate of drug-likeness (QED) is 0.414. The van der Waals surface area contributed by atoms with E-state index in [0.29, 0.717) is 10.2 Å². The van der Waals surface area contributed by atoms with Crippen LogP contribution in [0.15, 0.2) is 34.0 Å². The van der Waals surface area contributed by atoms with Crippen molar-refractivity contribution in [3.05, 3.63) is 50.2 Å². The lowest BCUT2D eigenvalue weighted by molar-refractivity contribution is -0.386. The Morgan fingerprint density at radius 3 is 2.83 bits per heavy atom. The SMILES string of the molecule is COc1cc(/C=N/NC(=O)c2cc(Br)c[nH]2)cc([N+](=O)[O-])c1O. The lowest BCUT2D eigenvalue weighted by Crippen LogP contribution is -2.17. The molecule has 0 aliphatic rings. The first-order valence-electron chi connectivity index (χ1n) is 6.15. The molecule has 120 valence electrons. The lowest BCUT2D eigenvalue weighted by atomic mass is 10.2. The molecule has 0 bridgehead atoms. The van der Waals surface area contributed by atoms with Gasteiger partial charge in [-0.2, -0.15) is 5.10 Å². The van der Waals surface area contributed by atoms with Gasteiger partial charge in [-0.3, -0.25) is 14.9 Å². The van der Waals surface area contributed by atoms with E-state index in [1.54, 1.807) is 12.3 Å². The molecule has 1 amide bonds. The minimum absolute atomic E-state index is 0.0692. The molecule has 0 spiro atoms. The second-order valence-electron chi connectivity index (χ2n) is 4.28. The molecular formula is C13H11BrN4O5. The number of phenols is 1. The van der Waals surface area contributed by atoms with Crippen molar-refractivity contribution >= 4 is 33.7 Å². The maximum atomic E-state index is 11.8. The van der Waals surface area contributed by atoms with E-state index in [9.17, 15) is 20.0 Å². The number of phenolic OH excluding ortho intramolecular Hbond substituents is 1. The fourth-order valence-electron chi connectivity index (χ4n) is 1.71. The number of methoxy groups -OCH3 is 1. The zero-order chi connectivity index (χ0) is 17.0. The number of nitro benzene ring substituents is 1. The third-order valence-electron chi connectivity index (χ3n) is 2.77. The molecule has 1 aromatic carbocycles. The van der Waals surface area contributed by atoms with Gasteiger partial charge in [0.25, 0.3) is 5.91 Å². The molecule has 0 radical (unpaired) electrons. The highest BCUT2D eigenvalue weighted by molar-refractivity contribution is 9.10. The van der Waals surface area contributed by atoms with Crippen LogP contribution in [0.25, 0.3) is 0 Å². The molecule has 0 unspecified atom stereocenters. The normalized spacial score (nSPS) is 10.7. The Morgan fingerprint density at radius 2 is 2.26 bits per heavy atom. The number of carbonyl (C=O) groups is 1.